The fourth-order valence-electron chi connectivity index (χ4n) is 3.82. The number of ether oxygens (including phenoxy) is 1. The zero-order chi connectivity index (χ0) is 26.0. The third kappa shape index (κ3) is 4.95. The largest absolute Gasteiger partial charge is 0.465 e. The maximum atomic E-state index is 13.6. The number of fused-ring (bicyclic) bond motifs is 1. The van der Waals surface area contributed by atoms with Gasteiger partial charge in [0.1, 0.15) is 0 Å². The fourth-order valence-corrected chi connectivity index (χ4v) is 5.61. The highest BCUT2D eigenvalue weighted by molar-refractivity contribution is 7.92. The number of hydrogen-bond acceptors (Lipinski definition) is 6. The van der Waals surface area contributed by atoms with Gasteiger partial charge in [0.05, 0.1) is 51.8 Å². The van der Waals surface area contributed by atoms with Crippen LogP contribution in [0.3, 0.4) is 0 Å². The lowest BCUT2D eigenvalue weighted by Crippen LogP contribution is -2.39. The number of sulfonamides is 1. The van der Waals surface area contributed by atoms with Crippen molar-refractivity contribution in [3.63, 3.8) is 0 Å². The number of halogens is 2. The summed E-state index contributed by atoms with van der Waals surface area (Å²) in [5.41, 5.74) is 1.42. The summed E-state index contributed by atoms with van der Waals surface area (Å²) in [6.45, 7) is -0.504. The number of imide groups is 1. The third-order valence-corrected chi connectivity index (χ3v) is 8.28. The molecular formula is C25H20Cl2N2O6S. The van der Waals surface area contributed by atoms with Crippen LogP contribution in [-0.4, -0.2) is 50.5 Å². The molecule has 0 radical (unpaired) electrons. The highest BCUT2D eigenvalue weighted by atomic mass is 35.5. The Bertz CT molecular complexity index is 1420. The molecule has 0 fully saturated rings. The Kier molecular flexibility index (Phi) is 7.35. The van der Waals surface area contributed by atoms with Gasteiger partial charge in [-0.1, -0.05) is 47.5 Å². The maximum Gasteiger partial charge on any atom is 0.337 e. The predicted molar refractivity (Wildman–Crippen MR) is 136 cm³/mol. The van der Waals surface area contributed by atoms with Crippen LogP contribution >= 0.6 is 23.2 Å². The van der Waals surface area contributed by atoms with Crippen molar-refractivity contribution in [1.29, 1.82) is 0 Å². The average Bonchev–Trinajstić information content (AvgIpc) is 3.12. The Morgan fingerprint density at radius 3 is 2.11 bits per heavy atom. The van der Waals surface area contributed by atoms with Crippen molar-refractivity contribution in [1.82, 2.24) is 4.90 Å². The Hall–Kier alpha value is -3.40. The van der Waals surface area contributed by atoms with Crippen LogP contribution in [0.2, 0.25) is 10.0 Å². The number of nitrogens with zero attached hydrogens (tertiary/aromatic N) is 2. The zero-order valence-electron chi connectivity index (χ0n) is 19.0. The summed E-state index contributed by atoms with van der Waals surface area (Å²) in [6.07, 6.45) is 0. The first-order valence-corrected chi connectivity index (χ1v) is 13.1. The van der Waals surface area contributed by atoms with Gasteiger partial charge >= 0.3 is 5.97 Å². The molecule has 36 heavy (non-hydrogen) atoms. The molecule has 0 N–H and O–H groups in total. The summed E-state index contributed by atoms with van der Waals surface area (Å²) in [4.78, 5) is 38.1. The van der Waals surface area contributed by atoms with Crippen molar-refractivity contribution < 1.29 is 27.5 Å². The number of methoxy groups -OCH3 is 1. The third-order valence-electron chi connectivity index (χ3n) is 5.71. The van der Waals surface area contributed by atoms with Crippen LogP contribution < -0.4 is 4.31 Å². The van der Waals surface area contributed by atoms with Gasteiger partial charge in [-0.25, -0.2) is 13.2 Å². The van der Waals surface area contributed by atoms with E-state index in [0.29, 0.717) is 5.56 Å². The van der Waals surface area contributed by atoms with Crippen molar-refractivity contribution in [3.8, 4) is 0 Å². The number of anilines is 1. The molecule has 0 unspecified atom stereocenters. The molecule has 11 heteroatoms. The van der Waals surface area contributed by atoms with Gasteiger partial charge in [-0.15, -0.1) is 0 Å². The SMILES string of the molecule is COC(=O)c1ccc(N(Cc2cccc(Cl)c2Cl)S(=O)(=O)CCN2C(=O)c3ccccc3C2=O)cc1. The van der Waals surface area contributed by atoms with Crippen molar-refractivity contribution in [2.75, 3.05) is 23.7 Å². The molecule has 4 rings (SSSR count). The number of benzene rings is 3. The molecule has 1 aliphatic heterocycles. The van der Waals surface area contributed by atoms with E-state index in [4.69, 9.17) is 27.9 Å². The molecule has 0 bridgehead atoms. The van der Waals surface area contributed by atoms with Gasteiger partial charge in [0.15, 0.2) is 0 Å². The van der Waals surface area contributed by atoms with Crippen LogP contribution in [0.4, 0.5) is 5.69 Å². The molecule has 3 aromatic rings. The minimum Gasteiger partial charge on any atom is -0.465 e. The maximum absolute atomic E-state index is 13.6. The molecule has 2 amide bonds. The van der Waals surface area contributed by atoms with E-state index in [0.717, 1.165) is 9.21 Å². The number of rotatable bonds is 8. The molecule has 3 aromatic carbocycles. The standard InChI is InChI=1S/C25H20Cl2N2O6S/c1-35-25(32)16-9-11-18(12-10-16)29(15-17-5-4-8-21(26)22(17)27)36(33,34)14-13-28-23(30)19-6-2-3-7-20(19)24(28)31/h2-12H,13-15H2,1H3. The Labute approximate surface area is 218 Å². The van der Waals surface area contributed by atoms with E-state index < -0.39 is 33.6 Å². The van der Waals surface area contributed by atoms with Gasteiger partial charge in [0.25, 0.3) is 11.8 Å². The second-order valence-electron chi connectivity index (χ2n) is 7.88. The van der Waals surface area contributed by atoms with E-state index in [1.807, 2.05) is 0 Å². The van der Waals surface area contributed by atoms with Crippen molar-refractivity contribution in [3.05, 3.63) is 99.0 Å². The molecule has 0 spiro atoms. The van der Waals surface area contributed by atoms with E-state index in [-0.39, 0.29) is 45.5 Å². The first-order valence-electron chi connectivity index (χ1n) is 10.7. The molecule has 1 heterocycles. The van der Waals surface area contributed by atoms with Gasteiger partial charge in [-0.3, -0.25) is 18.8 Å². The van der Waals surface area contributed by atoms with Crippen LogP contribution in [0.1, 0.15) is 36.6 Å². The summed E-state index contributed by atoms with van der Waals surface area (Å²) >= 11 is 12.4. The number of hydrogen-bond donors (Lipinski definition) is 0. The molecular weight excluding hydrogens is 527 g/mol. The molecule has 0 saturated carbocycles. The number of carbonyl (C=O) groups is 3. The lowest BCUT2D eigenvalue weighted by molar-refractivity contribution is 0.0598. The summed E-state index contributed by atoms with van der Waals surface area (Å²) < 4.78 is 32.9. The average molecular weight is 547 g/mol. The molecule has 0 aliphatic carbocycles. The van der Waals surface area contributed by atoms with Gasteiger partial charge < -0.3 is 4.74 Å². The molecule has 1 aliphatic rings. The van der Waals surface area contributed by atoms with E-state index in [9.17, 15) is 22.8 Å². The highest BCUT2D eigenvalue weighted by Crippen LogP contribution is 2.30. The van der Waals surface area contributed by atoms with Crippen LogP contribution in [0.15, 0.2) is 66.7 Å². The van der Waals surface area contributed by atoms with Gasteiger partial charge in [0.2, 0.25) is 10.0 Å². The second kappa shape index (κ2) is 10.3. The van der Waals surface area contributed by atoms with E-state index in [1.165, 1.54) is 43.5 Å². The van der Waals surface area contributed by atoms with E-state index in [1.54, 1.807) is 30.3 Å². The predicted octanol–water partition coefficient (Wildman–Crippen LogP) is 4.41. The smallest absolute Gasteiger partial charge is 0.337 e. The minimum absolute atomic E-state index is 0.165. The minimum atomic E-state index is -4.09. The quantitative estimate of drug-likeness (QED) is 0.306. The summed E-state index contributed by atoms with van der Waals surface area (Å²) in [5.74, 6) is -2.19. The first-order chi connectivity index (χ1) is 17.1. The van der Waals surface area contributed by atoms with E-state index >= 15 is 0 Å². The number of esters is 1. The van der Waals surface area contributed by atoms with Crippen molar-refractivity contribution in [2.45, 2.75) is 6.54 Å². The van der Waals surface area contributed by atoms with Gasteiger partial charge in [-0.2, -0.15) is 0 Å². The number of amides is 2. The monoisotopic (exact) mass is 546 g/mol. The molecule has 0 atom stereocenters. The number of carbonyl (C=O) groups excluding carboxylic acids is 3. The van der Waals surface area contributed by atoms with Gasteiger partial charge in [0, 0.05) is 6.54 Å². The molecule has 8 nitrogen and oxygen atoms in total. The molecule has 0 saturated heterocycles. The van der Waals surface area contributed by atoms with Crippen LogP contribution in [-0.2, 0) is 21.3 Å². The van der Waals surface area contributed by atoms with Crippen molar-refractivity contribution in [2.24, 2.45) is 0 Å². The lowest BCUT2D eigenvalue weighted by atomic mass is 10.1. The van der Waals surface area contributed by atoms with Crippen LogP contribution in [0.25, 0.3) is 0 Å². The van der Waals surface area contributed by atoms with Crippen LogP contribution in [0, 0.1) is 0 Å². The second-order valence-corrected chi connectivity index (χ2v) is 10.7. The summed E-state index contributed by atoms with van der Waals surface area (Å²) in [6, 6.07) is 17.0. The topological polar surface area (TPSA) is 101 Å². The van der Waals surface area contributed by atoms with Crippen LogP contribution in [0.5, 0.6) is 0 Å². The molecule has 186 valence electrons. The Morgan fingerprint density at radius 1 is 0.917 bits per heavy atom. The summed E-state index contributed by atoms with van der Waals surface area (Å²) in [7, 11) is -2.85. The lowest BCUT2D eigenvalue weighted by Gasteiger charge is -2.26. The first kappa shape index (κ1) is 25.7. The normalized spacial score (nSPS) is 13.0. The Balaban J connectivity index is 1.64. The summed E-state index contributed by atoms with van der Waals surface area (Å²) in [5, 5.41) is 0.462. The Morgan fingerprint density at radius 2 is 1.53 bits per heavy atom. The zero-order valence-corrected chi connectivity index (χ0v) is 21.3. The highest BCUT2D eigenvalue weighted by Gasteiger charge is 2.36. The van der Waals surface area contributed by atoms with Crippen molar-refractivity contribution >= 4 is 56.7 Å². The van der Waals surface area contributed by atoms with E-state index in [2.05, 4.69) is 0 Å². The fraction of sp³-hybridized carbons (Fsp3) is 0.160. The van der Waals surface area contributed by atoms with Gasteiger partial charge in [-0.05, 0) is 48.0 Å². The molecule has 0 aromatic heterocycles.